The number of benzene rings is 3. The number of methoxy groups -OCH3 is 1. The SMILES string of the molecule is COC(=O)CCC(NC(=O)C(NC(=O)OCC1c2ccccc2-c2ccccc21)C(C)OCc1ccccc1)C(=O)O. The minimum atomic E-state index is -1.38. The first-order valence-corrected chi connectivity index (χ1v) is 13.7. The van der Waals surface area contributed by atoms with Crippen molar-refractivity contribution in [2.75, 3.05) is 13.7 Å². The zero-order valence-electron chi connectivity index (χ0n) is 23.4. The Morgan fingerprint density at radius 2 is 1.45 bits per heavy atom. The van der Waals surface area contributed by atoms with Gasteiger partial charge in [0, 0.05) is 12.3 Å². The van der Waals surface area contributed by atoms with Crippen LogP contribution in [0.2, 0.25) is 0 Å². The van der Waals surface area contributed by atoms with Crippen LogP contribution in [0.3, 0.4) is 0 Å². The standard InChI is InChI=1S/C32H34N2O8/c1-20(41-18-21-10-4-3-5-11-21)29(30(36)33-27(31(37)38)16-17-28(35)40-2)34-32(39)42-19-26-24-14-8-6-12-22(24)23-13-7-9-15-25(23)26/h3-15,20,26-27,29H,16-19H2,1-2H3,(H,33,36)(H,34,39)(H,37,38). The zero-order valence-corrected chi connectivity index (χ0v) is 23.4. The molecule has 3 atom stereocenters. The van der Waals surface area contributed by atoms with Crippen molar-refractivity contribution < 1.29 is 38.5 Å². The Morgan fingerprint density at radius 3 is 2.05 bits per heavy atom. The average Bonchev–Trinajstić information content (AvgIpc) is 3.33. The van der Waals surface area contributed by atoms with Crippen molar-refractivity contribution in [3.8, 4) is 11.1 Å². The van der Waals surface area contributed by atoms with Crippen LogP contribution < -0.4 is 10.6 Å². The highest BCUT2D eigenvalue weighted by Gasteiger charge is 2.33. The van der Waals surface area contributed by atoms with Gasteiger partial charge in [0.05, 0.1) is 19.8 Å². The van der Waals surface area contributed by atoms with E-state index in [4.69, 9.17) is 9.47 Å². The Bertz CT molecular complexity index is 1360. The highest BCUT2D eigenvalue weighted by Crippen LogP contribution is 2.44. The van der Waals surface area contributed by atoms with Gasteiger partial charge in [-0.05, 0) is 41.2 Å². The van der Waals surface area contributed by atoms with Crippen LogP contribution in [0.15, 0.2) is 78.9 Å². The molecule has 10 nitrogen and oxygen atoms in total. The van der Waals surface area contributed by atoms with Crippen LogP contribution in [0, 0.1) is 0 Å². The lowest BCUT2D eigenvalue weighted by Gasteiger charge is -2.26. The van der Waals surface area contributed by atoms with Crippen LogP contribution in [0.1, 0.15) is 42.4 Å². The van der Waals surface area contributed by atoms with E-state index in [0.29, 0.717) is 0 Å². The third-order valence-electron chi connectivity index (χ3n) is 7.20. The van der Waals surface area contributed by atoms with Gasteiger partial charge >= 0.3 is 18.0 Å². The van der Waals surface area contributed by atoms with Gasteiger partial charge in [-0.2, -0.15) is 0 Å². The van der Waals surface area contributed by atoms with E-state index in [9.17, 15) is 24.3 Å². The smallest absolute Gasteiger partial charge is 0.407 e. The molecule has 0 aliphatic heterocycles. The molecule has 4 rings (SSSR count). The summed E-state index contributed by atoms with van der Waals surface area (Å²) in [6, 6.07) is 22.4. The van der Waals surface area contributed by atoms with E-state index in [-0.39, 0.29) is 32.0 Å². The number of carboxylic acids is 1. The number of nitrogens with one attached hydrogen (secondary N) is 2. The summed E-state index contributed by atoms with van der Waals surface area (Å²) in [4.78, 5) is 49.7. The normalized spacial score (nSPS) is 14.0. The zero-order chi connectivity index (χ0) is 30.1. The predicted molar refractivity (Wildman–Crippen MR) is 154 cm³/mol. The molecule has 3 N–H and O–H groups in total. The van der Waals surface area contributed by atoms with E-state index in [1.54, 1.807) is 6.92 Å². The fraction of sp³-hybridized carbons (Fsp3) is 0.312. The number of aliphatic carboxylic acids is 1. The Balaban J connectivity index is 1.45. The molecule has 0 aromatic heterocycles. The predicted octanol–water partition coefficient (Wildman–Crippen LogP) is 4.02. The number of fused-ring (bicyclic) bond motifs is 3. The highest BCUT2D eigenvalue weighted by atomic mass is 16.6. The number of rotatable bonds is 13. The maximum absolute atomic E-state index is 13.3. The molecule has 0 radical (unpaired) electrons. The maximum Gasteiger partial charge on any atom is 0.407 e. The molecule has 10 heteroatoms. The summed E-state index contributed by atoms with van der Waals surface area (Å²) >= 11 is 0. The fourth-order valence-corrected chi connectivity index (χ4v) is 4.94. The fourth-order valence-electron chi connectivity index (χ4n) is 4.94. The number of hydrogen-bond donors (Lipinski definition) is 3. The minimum absolute atomic E-state index is 0.0321. The van der Waals surface area contributed by atoms with Crippen molar-refractivity contribution in [3.63, 3.8) is 0 Å². The molecule has 220 valence electrons. The van der Waals surface area contributed by atoms with Crippen LogP contribution in [0.4, 0.5) is 4.79 Å². The second kappa shape index (κ2) is 14.3. The van der Waals surface area contributed by atoms with Crippen molar-refractivity contribution in [1.82, 2.24) is 10.6 Å². The highest BCUT2D eigenvalue weighted by molar-refractivity contribution is 5.90. The molecule has 0 spiro atoms. The molecule has 3 unspecified atom stereocenters. The van der Waals surface area contributed by atoms with Gasteiger partial charge in [-0.15, -0.1) is 0 Å². The number of carboxylic acid groups (broad SMARTS) is 1. The van der Waals surface area contributed by atoms with Crippen LogP contribution in [-0.4, -0.2) is 60.9 Å². The first-order valence-electron chi connectivity index (χ1n) is 13.7. The largest absolute Gasteiger partial charge is 0.480 e. The monoisotopic (exact) mass is 574 g/mol. The van der Waals surface area contributed by atoms with Gasteiger partial charge in [0.2, 0.25) is 5.91 Å². The molecule has 0 fully saturated rings. The summed E-state index contributed by atoms with van der Waals surface area (Å²) in [5.74, 6) is -2.91. The molecule has 3 aromatic rings. The third-order valence-corrected chi connectivity index (χ3v) is 7.20. The second-order valence-electron chi connectivity index (χ2n) is 9.96. The second-order valence-corrected chi connectivity index (χ2v) is 9.96. The van der Waals surface area contributed by atoms with E-state index >= 15 is 0 Å². The summed E-state index contributed by atoms with van der Waals surface area (Å²) in [5, 5.41) is 14.6. The summed E-state index contributed by atoms with van der Waals surface area (Å²) < 4.78 is 16.1. The Morgan fingerprint density at radius 1 is 0.857 bits per heavy atom. The van der Waals surface area contributed by atoms with Crippen molar-refractivity contribution in [1.29, 1.82) is 0 Å². The van der Waals surface area contributed by atoms with Crippen LogP contribution in [0.25, 0.3) is 11.1 Å². The number of carbonyl (C=O) groups excluding carboxylic acids is 3. The third kappa shape index (κ3) is 7.52. The molecular formula is C32H34N2O8. The van der Waals surface area contributed by atoms with E-state index in [1.165, 1.54) is 7.11 Å². The number of ether oxygens (including phenoxy) is 3. The quantitative estimate of drug-likeness (QED) is 0.260. The molecule has 0 saturated carbocycles. The van der Waals surface area contributed by atoms with Gasteiger partial charge in [-0.25, -0.2) is 9.59 Å². The molecule has 0 bridgehead atoms. The summed E-state index contributed by atoms with van der Waals surface area (Å²) in [5.41, 5.74) is 5.08. The van der Waals surface area contributed by atoms with Crippen molar-refractivity contribution in [2.24, 2.45) is 0 Å². The number of carbonyl (C=O) groups is 4. The lowest BCUT2D eigenvalue weighted by atomic mass is 9.98. The number of hydrogen-bond acceptors (Lipinski definition) is 7. The van der Waals surface area contributed by atoms with Crippen molar-refractivity contribution in [2.45, 2.75) is 50.5 Å². The van der Waals surface area contributed by atoms with Gasteiger partial charge in [-0.1, -0.05) is 78.9 Å². The maximum atomic E-state index is 13.3. The first kappa shape index (κ1) is 30.3. The topological polar surface area (TPSA) is 140 Å². The Hall–Kier alpha value is -4.70. The van der Waals surface area contributed by atoms with Crippen molar-refractivity contribution >= 4 is 23.9 Å². The molecule has 3 aromatic carbocycles. The summed E-state index contributed by atoms with van der Waals surface area (Å²) in [6.07, 6.45) is -2.11. The van der Waals surface area contributed by atoms with E-state index in [2.05, 4.69) is 15.4 Å². The number of alkyl carbamates (subject to hydrolysis) is 1. The molecule has 0 heterocycles. The molecule has 2 amide bonds. The average molecular weight is 575 g/mol. The lowest BCUT2D eigenvalue weighted by molar-refractivity contribution is -0.144. The van der Waals surface area contributed by atoms with Gasteiger partial charge in [0.15, 0.2) is 0 Å². The Labute approximate surface area is 244 Å². The molecule has 0 saturated heterocycles. The van der Waals surface area contributed by atoms with Gasteiger partial charge < -0.3 is 30.0 Å². The molecule has 1 aliphatic carbocycles. The minimum Gasteiger partial charge on any atom is -0.480 e. The van der Waals surface area contributed by atoms with Crippen LogP contribution in [0.5, 0.6) is 0 Å². The number of amides is 2. The van der Waals surface area contributed by atoms with Crippen LogP contribution in [-0.2, 0) is 35.2 Å². The van der Waals surface area contributed by atoms with Crippen LogP contribution >= 0.6 is 0 Å². The van der Waals surface area contributed by atoms with Gasteiger partial charge in [-0.3, -0.25) is 9.59 Å². The molecule has 1 aliphatic rings. The first-order chi connectivity index (χ1) is 20.3. The summed E-state index contributed by atoms with van der Waals surface area (Å²) in [6.45, 7) is 1.79. The van der Waals surface area contributed by atoms with E-state index in [0.717, 1.165) is 27.8 Å². The van der Waals surface area contributed by atoms with Gasteiger partial charge in [0.25, 0.3) is 0 Å². The number of esters is 1. The van der Waals surface area contributed by atoms with E-state index < -0.39 is 42.1 Å². The Kier molecular flexibility index (Phi) is 10.3. The van der Waals surface area contributed by atoms with Gasteiger partial charge in [0.1, 0.15) is 18.7 Å². The molecule has 42 heavy (non-hydrogen) atoms. The molecular weight excluding hydrogens is 540 g/mol. The van der Waals surface area contributed by atoms with Crippen molar-refractivity contribution in [3.05, 3.63) is 95.6 Å². The van der Waals surface area contributed by atoms with E-state index in [1.807, 2.05) is 78.9 Å². The lowest BCUT2D eigenvalue weighted by Crippen LogP contribution is -2.56. The summed E-state index contributed by atoms with van der Waals surface area (Å²) in [7, 11) is 1.19.